The molecule has 0 radical (unpaired) electrons. The molecule has 0 aromatic heterocycles. The zero-order valence-electron chi connectivity index (χ0n) is 10.8. The number of rotatable bonds is 4. The van der Waals surface area contributed by atoms with Crippen LogP contribution in [0.2, 0.25) is 0 Å². The van der Waals surface area contributed by atoms with E-state index in [1.807, 2.05) is 30.5 Å². The van der Waals surface area contributed by atoms with Crippen molar-refractivity contribution in [2.45, 2.75) is 9.79 Å². The van der Waals surface area contributed by atoms with E-state index < -0.39 is 10.0 Å². The zero-order valence-corrected chi connectivity index (χ0v) is 12.5. The fourth-order valence-corrected chi connectivity index (χ4v) is 2.78. The van der Waals surface area contributed by atoms with Gasteiger partial charge in [-0.2, -0.15) is 0 Å². The van der Waals surface area contributed by atoms with E-state index in [0.717, 1.165) is 5.69 Å². The second kappa shape index (κ2) is 5.74. The van der Waals surface area contributed by atoms with Crippen molar-refractivity contribution in [1.29, 1.82) is 0 Å². The van der Waals surface area contributed by atoms with E-state index in [2.05, 4.69) is 5.32 Å². The Labute approximate surface area is 122 Å². The topological polar surface area (TPSA) is 98.2 Å². The monoisotopic (exact) mass is 309 g/mol. The van der Waals surface area contributed by atoms with Gasteiger partial charge in [0.1, 0.15) is 4.90 Å². The lowest BCUT2D eigenvalue weighted by molar-refractivity contribution is 0.598. The van der Waals surface area contributed by atoms with Gasteiger partial charge in [0.05, 0.1) is 5.69 Å². The minimum atomic E-state index is -3.79. The molecule has 0 unspecified atom stereocenters. The maximum Gasteiger partial charge on any atom is 0.240 e. The van der Waals surface area contributed by atoms with Gasteiger partial charge in [-0.05, 0) is 48.7 Å². The number of nitrogens with two attached hydrogens (primary N) is 2. The summed E-state index contributed by atoms with van der Waals surface area (Å²) in [5, 5.41) is 8.21. The normalized spacial score (nSPS) is 11.3. The second-order valence-corrected chi connectivity index (χ2v) is 6.56. The van der Waals surface area contributed by atoms with Crippen molar-refractivity contribution in [2.75, 3.05) is 17.3 Å². The molecule has 0 aliphatic heterocycles. The summed E-state index contributed by atoms with van der Waals surface area (Å²) in [6, 6.07) is 12.4. The predicted molar refractivity (Wildman–Crippen MR) is 83.7 cm³/mol. The molecule has 0 atom stereocenters. The van der Waals surface area contributed by atoms with E-state index in [1.165, 1.54) is 11.0 Å². The second-order valence-electron chi connectivity index (χ2n) is 4.15. The third-order valence-electron chi connectivity index (χ3n) is 2.70. The molecule has 20 heavy (non-hydrogen) atoms. The molecule has 0 saturated heterocycles. The van der Waals surface area contributed by atoms with Gasteiger partial charge in [0, 0.05) is 16.3 Å². The lowest BCUT2D eigenvalue weighted by atomic mass is 10.2. The summed E-state index contributed by atoms with van der Waals surface area (Å²) in [7, 11) is -3.79. The molecule has 2 aromatic carbocycles. The molecule has 0 spiro atoms. The fraction of sp³-hybridized carbons (Fsp3) is 0.0769. The van der Waals surface area contributed by atoms with E-state index >= 15 is 0 Å². The van der Waals surface area contributed by atoms with Crippen LogP contribution in [0.4, 0.5) is 17.1 Å². The quantitative estimate of drug-likeness (QED) is 0.595. The van der Waals surface area contributed by atoms with Gasteiger partial charge in [0.15, 0.2) is 0 Å². The van der Waals surface area contributed by atoms with Gasteiger partial charge >= 0.3 is 0 Å². The number of nitrogen functional groups attached to an aromatic ring is 1. The Morgan fingerprint density at radius 1 is 1.05 bits per heavy atom. The summed E-state index contributed by atoms with van der Waals surface area (Å²) < 4.78 is 22.5. The third kappa shape index (κ3) is 3.44. The van der Waals surface area contributed by atoms with Gasteiger partial charge in [0.25, 0.3) is 0 Å². The molecular weight excluding hydrogens is 294 g/mol. The van der Waals surface area contributed by atoms with Crippen LogP contribution in [0.25, 0.3) is 0 Å². The molecular formula is C13H15N3O2S2. The first-order valence-electron chi connectivity index (χ1n) is 5.73. The van der Waals surface area contributed by atoms with Gasteiger partial charge in [-0.1, -0.05) is 0 Å². The van der Waals surface area contributed by atoms with Crippen LogP contribution < -0.4 is 16.2 Å². The smallest absolute Gasteiger partial charge is 0.240 e. The molecule has 7 heteroatoms. The number of thioether (sulfide) groups is 1. The fourth-order valence-electron chi connectivity index (χ4n) is 1.73. The number of anilines is 3. The first kappa shape index (κ1) is 14.7. The lowest BCUT2D eigenvalue weighted by Gasteiger charge is -2.09. The number of primary sulfonamides is 1. The standard InChI is InChI=1S/C13H15N3O2S2/c1-19-11-5-2-9(3-6-11)16-10-4-7-13(12(14)8-10)20(15,17)18/h2-8,16H,14H2,1H3,(H2,15,17,18). The van der Waals surface area contributed by atoms with E-state index in [9.17, 15) is 8.42 Å². The van der Waals surface area contributed by atoms with Crippen LogP contribution in [0.5, 0.6) is 0 Å². The first-order chi connectivity index (χ1) is 9.40. The molecule has 0 bridgehead atoms. The summed E-state index contributed by atoms with van der Waals surface area (Å²) in [4.78, 5) is 1.10. The minimum absolute atomic E-state index is 0.0687. The van der Waals surface area contributed by atoms with Crippen molar-refractivity contribution in [3.8, 4) is 0 Å². The summed E-state index contributed by atoms with van der Waals surface area (Å²) in [5.74, 6) is 0. The van der Waals surface area contributed by atoms with Crippen molar-refractivity contribution < 1.29 is 8.42 Å². The Kier molecular flexibility index (Phi) is 4.22. The van der Waals surface area contributed by atoms with Crippen LogP contribution >= 0.6 is 11.8 Å². The van der Waals surface area contributed by atoms with E-state index in [0.29, 0.717) is 5.69 Å². The van der Waals surface area contributed by atoms with Crippen molar-refractivity contribution in [2.24, 2.45) is 5.14 Å². The van der Waals surface area contributed by atoms with Crippen molar-refractivity contribution in [1.82, 2.24) is 0 Å². The van der Waals surface area contributed by atoms with Crippen molar-refractivity contribution in [3.63, 3.8) is 0 Å². The van der Waals surface area contributed by atoms with Gasteiger partial charge in [-0.3, -0.25) is 0 Å². The highest BCUT2D eigenvalue weighted by Gasteiger charge is 2.12. The summed E-state index contributed by atoms with van der Waals surface area (Å²) in [5.41, 5.74) is 7.42. The number of hydrogen-bond donors (Lipinski definition) is 3. The van der Waals surface area contributed by atoms with Crippen LogP contribution in [0.15, 0.2) is 52.3 Å². The van der Waals surface area contributed by atoms with Gasteiger partial charge in [-0.15, -0.1) is 11.8 Å². The average Bonchev–Trinajstić information content (AvgIpc) is 2.38. The number of nitrogens with one attached hydrogen (secondary N) is 1. The highest BCUT2D eigenvalue weighted by Crippen LogP contribution is 2.25. The highest BCUT2D eigenvalue weighted by atomic mass is 32.2. The SMILES string of the molecule is CSc1ccc(Nc2ccc(S(N)(=O)=O)c(N)c2)cc1. The summed E-state index contributed by atoms with van der Waals surface area (Å²) in [6.45, 7) is 0. The molecule has 0 aliphatic carbocycles. The van der Waals surface area contributed by atoms with Crippen molar-refractivity contribution in [3.05, 3.63) is 42.5 Å². The number of sulfonamides is 1. The van der Waals surface area contributed by atoms with Gasteiger partial charge in [0.2, 0.25) is 10.0 Å². The van der Waals surface area contributed by atoms with Crippen LogP contribution in [0.3, 0.4) is 0 Å². The Balaban J connectivity index is 2.24. The molecule has 5 nitrogen and oxygen atoms in total. The van der Waals surface area contributed by atoms with Crippen LogP contribution in [0, 0.1) is 0 Å². The predicted octanol–water partition coefficient (Wildman–Crippen LogP) is 2.38. The largest absolute Gasteiger partial charge is 0.398 e. The van der Waals surface area contributed by atoms with Crippen LogP contribution in [-0.4, -0.2) is 14.7 Å². The molecule has 0 fully saturated rings. The molecule has 2 rings (SSSR count). The molecule has 5 N–H and O–H groups in total. The Morgan fingerprint density at radius 2 is 1.65 bits per heavy atom. The minimum Gasteiger partial charge on any atom is -0.398 e. The maximum absolute atomic E-state index is 11.3. The van der Waals surface area contributed by atoms with Gasteiger partial charge in [-0.25, -0.2) is 13.6 Å². The number of benzene rings is 2. The van der Waals surface area contributed by atoms with Crippen LogP contribution in [0.1, 0.15) is 0 Å². The maximum atomic E-state index is 11.3. The molecule has 0 amide bonds. The van der Waals surface area contributed by atoms with E-state index in [-0.39, 0.29) is 10.6 Å². The van der Waals surface area contributed by atoms with Crippen molar-refractivity contribution >= 4 is 38.8 Å². The highest BCUT2D eigenvalue weighted by molar-refractivity contribution is 7.98. The molecule has 0 saturated carbocycles. The molecule has 0 heterocycles. The third-order valence-corrected chi connectivity index (χ3v) is 4.42. The Bertz CT molecular complexity index is 713. The molecule has 2 aromatic rings. The molecule has 106 valence electrons. The lowest BCUT2D eigenvalue weighted by Crippen LogP contribution is -2.14. The zero-order chi connectivity index (χ0) is 14.8. The van der Waals surface area contributed by atoms with Crippen LogP contribution in [-0.2, 0) is 10.0 Å². The average molecular weight is 309 g/mol. The molecule has 0 aliphatic rings. The summed E-state index contributed by atoms with van der Waals surface area (Å²) in [6.07, 6.45) is 2.01. The first-order valence-corrected chi connectivity index (χ1v) is 8.50. The summed E-state index contributed by atoms with van der Waals surface area (Å²) >= 11 is 1.66. The van der Waals surface area contributed by atoms with E-state index in [1.54, 1.807) is 23.9 Å². The number of hydrogen-bond acceptors (Lipinski definition) is 5. The Hall–Kier alpha value is -1.70. The van der Waals surface area contributed by atoms with Gasteiger partial charge < -0.3 is 11.1 Å². The van der Waals surface area contributed by atoms with E-state index in [4.69, 9.17) is 10.9 Å². The Morgan fingerprint density at radius 3 is 2.15 bits per heavy atom.